The van der Waals surface area contributed by atoms with E-state index in [-0.39, 0.29) is 6.04 Å². The number of para-hydroxylation sites is 1. The van der Waals surface area contributed by atoms with Gasteiger partial charge < -0.3 is 16.4 Å². The summed E-state index contributed by atoms with van der Waals surface area (Å²) in [4.78, 5) is 20.2. The Morgan fingerprint density at radius 3 is 2.62 bits per heavy atom. The molecule has 0 fully saturated rings. The number of rotatable bonds is 6. The Morgan fingerprint density at radius 1 is 1.12 bits per heavy atom. The third-order valence-corrected chi connectivity index (χ3v) is 3.85. The van der Waals surface area contributed by atoms with Gasteiger partial charge in [0.1, 0.15) is 12.1 Å². The van der Waals surface area contributed by atoms with Crippen LogP contribution in [-0.2, 0) is 0 Å². The van der Waals surface area contributed by atoms with Crippen LogP contribution in [0.3, 0.4) is 0 Å². The van der Waals surface area contributed by atoms with Gasteiger partial charge in [0.25, 0.3) is 5.91 Å². The highest BCUT2D eigenvalue weighted by atomic mass is 16.1. The third kappa shape index (κ3) is 3.18. The number of nitrogens with one attached hydrogen (secondary N) is 2. The molecule has 4 N–H and O–H groups in total. The number of carbonyl (C=O) groups is 1. The quantitative estimate of drug-likeness (QED) is 0.646. The molecule has 24 heavy (non-hydrogen) atoms. The van der Waals surface area contributed by atoms with Crippen LogP contribution in [0.25, 0.3) is 10.9 Å². The first-order chi connectivity index (χ1) is 11.7. The highest BCUT2D eigenvalue weighted by molar-refractivity contribution is 6.06. The minimum Gasteiger partial charge on any atom is -0.366 e. The number of benzene rings is 2. The van der Waals surface area contributed by atoms with Crippen molar-refractivity contribution < 1.29 is 4.79 Å². The summed E-state index contributed by atoms with van der Waals surface area (Å²) < 4.78 is 0. The van der Waals surface area contributed by atoms with E-state index in [2.05, 4.69) is 32.7 Å². The number of anilines is 1. The van der Waals surface area contributed by atoms with E-state index < -0.39 is 5.91 Å². The number of amides is 1. The molecule has 1 aromatic heterocycles. The second-order valence-corrected chi connectivity index (χ2v) is 5.45. The number of aromatic nitrogens is 2. The lowest BCUT2D eigenvalue weighted by Crippen LogP contribution is -2.24. The van der Waals surface area contributed by atoms with Crippen LogP contribution in [0, 0.1) is 0 Å². The summed E-state index contributed by atoms with van der Waals surface area (Å²) in [6.07, 6.45) is 1.44. The van der Waals surface area contributed by atoms with Gasteiger partial charge in [0.15, 0.2) is 0 Å². The molecule has 0 bridgehead atoms. The lowest BCUT2D eigenvalue weighted by atomic mass is 10.1. The first kappa shape index (κ1) is 15.9. The fraction of sp³-hybridized carbons (Fsp3) is 0.167. The van der Waals surface area contributed by atoms with Crippen LogP contribution in [0.15, 0.2) is 54.9 Å². The number of primary amides is 1. The van der Waals surface area contributed by atoms with E-state index in [1.54, 1.807) is 12.1 Å². The monoisotopic (exact) mass is 321 g/mol. The van der Waals surface area contributed by atoms with Gasteiger partial charge in [-0.05, 0) is 24.7 Å². The number of nitrogens with two attached hydrogens (primary N) is 1. The normalized spacial score (nSPS) is 12.0. The zero-order chi connectivity index (χ0) is 16.9. The van der Waals surface area contributed by atoms with E-state index in [4.69, 9.17) is 5.73 Å². The van der Waals surface area contributed by atoms with E-state index in [0.717, 1.165) is 17.5 Å². The van der Waals surface area contributed by atoms with Gasteiger partial charge in [0.05, 0.1) is 17.1 Å². The Balaban J connectivity index is 2.02. The second-order valence-electron chi connectivity index (χ2n) is 5.45. The molecule has 1 heterocycles. The van der Waals surface area contributed by atoms with Crippen LogP contribution < -0.4 is 16.4 Å². The second kappa shape index (κ2) is 7.06. The molecule has 2 aromatic carbocycles. The lowest BCUT2D eigenvalue weighted by molar-refractivity contribution is 0.100. The van der Waals surface area contributed by atoms with Gasteiger partial charge in [-0.3, -0.25) is 4.79 Å². The van der Waals surface area contributed by atoms with E-state index in [1.165, 1.54) is 6.33 Å². The van der Waals surface area contributed by atoms with Gasteiger partial charge in [-0.25, -0.2) is 9.97 Å². The Labute approximate surface area is 140 Å². The summed E-state index contributed by atoms with van der Waals surface area (Å²) >= 11 is 0. The fourth-order valence-corrected chi connectivity index (χ4v) is 2.71. The Hall–Kier alpha value is -2.99. The summed E-state index contributed by atoms with van der Waals surface area (Å²) in [5.74, 6) is 0.173. The number of hydrogen-bond donors (Lipinski definition) is 3. The summed E-state index contributed by atoms with van der Waals surface area (Å²) in [7, 11) is 1.90. The van der Waals surface area contributed by atoms with Gasteiger partial charge in [-0.2, -0.15) is 0 Å². The van der Waals surface area contributed by atoms with Crippen molar-refractivity contribution >= 4 is 22.6 Å². The van der Waals surface area contributed by atoms with Crippen LogP contribution in [0.5, 0.6) is 0 Å². The molecule has 3 rings (SSSR count). The summed E-state index contributed by atoms with van der Waals surface area (Å²) in [6, 6.07) is 15.5. The lowest BCUT2D eigenvalue weighted by Gasteiger charge is -2.20. The van der Waals surface area contributed by atoms with Crippen LogP contribution in [0.4, 0.5) is 5.82 Å². The predicted octanol–water partition coefficient (Wildman–Crippen LogP) is 2.10. The third-order valence-electron chi connectivity index (χ3n) is 3.85. The number of carbonyl (C=O) groups excluding carboxylic acids is 1. The molecule has 122 valence electrons. The minimum atomic E-state index is -0.500. The van der Waals surface area contributed by atoms with E-state index in [0.29, 0.717) is 16.9 Å². The summed E-state index contributed by atoms with van der Waals surface area (Å²) in [5, 5.41) is 7.39. The largest absolute Gasteiger partial charge is 0.366 e. The first-order valence-electron chi connectivity index (χ1n) is 7.70. The van der Waals surface area contributed by atoms with Crippen LogP contribution in [0.2, 0.25) is 0 Å². The zero-order valence-electron chi connectivity index (χ0n) is 13.4. The van der Waals surface area contributed by atoms with Crippen molar-refractivity contribution in [1.29, 1.82) is 0 Å². The molecule has 0 radical (unpaired) electrons. The standard InChI is InChI=1S/C18H19N5O/c1-20-10-15(12-6-3-2-4-7-12)23-18-14-9-5-8-13(17(19)24)16(14)21-11-22-18/h2-9,11,15,20H,10H2,1H3,(H2,19,24)(H,21,22,23)/t15-/m1/s1. The van der Waals surface area contributed by atoms with Crippen LogP contribution >= 0.6 is 0 Å². The van der Waals surface area contributed by atoms with Gasteiger partial charge >= 0.3 is 0 Å². The van der Waals surface area contributed by atoms with Gasteiger partial charge in [0.2, 0.25) is 0 Å². The molecule has 3 aromatic rings. The molecule has 0 saturated heterocycles. The highest BCUT2D eigenvalue weighted by Gasteiger charge is 2.15. The molecular weight excluding hydrogens is 302 g/mol. The molecule has 0 spiro atoms. The van der Waals surface area contributed by atoms with E-state index in [1.807, 2.05) is 31.3 Å². The molecule has 0 aliphatic heterocycles. The number of hydrogen-bond acceptors (Lipinski definition) is 5. The first-order valence-corrected chi connectivity index (χ1v) is 7.70. The molecule has 6 heteroatoms. The van der Waals surface area contributed by atoms with Gasteiger partial charge in [0, 0.05) is 11.9 Å². The number of fused-ring (bicyclic) bond motifs is 1. The topological polar surface area (TPSA) is 92.9 Å². The molecule has 6 nitrogen and oxygen atoms in total. The molecule has 0 aliphatic rings. The smallest absolute Gasteiger partial charge is 0.250 e. The number of nitrogens with zero attached hydrogens (tertiary/aromatic N) is 2. The molecule has 1 atom stereocenters. The molecule has 0 saturated carbocycles. The van der Waals surface area contributed by atoms with Crippen LogP contribution in [-0.4, -0.2) is 29.5 Å². The maximum Gasteiger partial charge on any atom is 0.250 e. The average molecular weight is 321 g/mol. The van der Waals surface area contributed by atoms with Crippen molar-refractivity contribution in [2.45, 2.75) is 6.04 Å². The van der Waals surface area contributed by atoms with Crippen LogP contribution in [0.1, 0.15) is 22.0 Å². The highest BCUT2D eigenvalue weighted by Crippen LogP contribution is 2.25. The van der Waals surface area contributed by atoms with Crippen molar-refractivity contribution in [3.8, 4) is 0 Å². The predicted molar refractivity (Wildman–Crippen MR) is 94.8 cm³/mol. The van der Waals surface area contributed by atoms with Gasteiger partial charge in [-0.15, -0.1) is 0 Å². The SMILES string of the molecule is CNC[C@@H](Nc1ncnc2c(C(N)=O)cccc12)c1ccccc1. The summed E-state index contributed by atoms with van der Waals surface area (Å²) in [6.45, 7) is 0.727. The fourth-order valence-electron chi connectivity index (χ4n) is 2.71. The van der Waals surface area contributed by atoms with Gasteiger partial charge in [-0.1, -0.05) is 36.4 Å². The van der Waals surface area contributed by atoms with Crippen molar-refractivity contribution in [1.82, 2.24) is 15.3 Å². The summed E-state index contributed by atoms with van der Waals surface area (Å²) in [5.41, 5.74) is 7.53. The maximum atomic E-state index is 11.6. The molecular formula is C18H19N5O. The minimum absolute atomic E-state index is 0.0338. The Morgan fingerprint density at radius 2 is 1.92 bits per heavy atom. The zero-order valence-corrected chi connectivity index (χ0v) is 13.4. The van der Waals surface area contributed by atoms with Crippen molar-refractivity contribution in [3.05, 3.63) is 66.0 Å². The van der Waals surface area contributed by atoms with Crippen molar-refractivity contribution in [2.75, 3.05) is 18.9 Å². The molecule has 0 aliphatic carbocycles. The molecule has 0 unspecified atom stereocenters. The number of likely N-dealkylation sites (N-methyl/N-ethyl adjacent to an activating group) is 1. The van der Waals surface area contributed by atoms with Crippen molar-refractivity contribution in [3.63, 3.8) is 0 Å². The Bertz CT molecular complexity index is 850. The van der Waals surface area contributed by atoms with E-state index in [9.17, 15) is 4.79 Å². The van der Waals surface area contributed by atoms with E-state index >= 15 is 0 Å². The Kier molecular flexibility index (Phi) is 4.67. The average Bonchev–Trinajstić information content (AvgIpc) is 2.61. The molecule has 1 amide bonds. The maximum absolute atomic E-state index is 11.6. The van der Waals surface area contributed by atoms with Crippen molar-refractivity contribution in [2.24, 2.45) is 5.73 Å².